The maximum absolute atomic E-state index is 13.1. The number of nitrogens with zero attached hydrogens (tertiary/aromatic N) is 3. The molecule has 0 bridgehead atoms. The van der Waals surface area contributed by atoms with Crippen LogP contribution in [0.2, 0.25) is 0 Å². The molecule has 2 aromatic heterocycles. The highest BCUT2D eigenvalue weighted by molar-refractivity contribution is 5.82. The van der Waals surface area contributed by atoms with Gasteiger partial charge in [0, 0.05) is 23.5 Å². The lowest BCUT2D eigenvalue weighted by molar-refractivity contribution is -0.118. The number of halogens is 1. The van der Waals surface area contributed by atoms with Crippen LogP contribution in [0.15, 0.2) is 55.0 Å². The Labute approximate surface area is 126 Å². The monoisotopic (exact) mass is 296 g/mol. The number of pyridine rings is 1. The first kappa shape index (κ1) is 13.9. The van der Waals surface area contributed by atoms with Crippen molar-refractivity contribution in [2.45, 2.75) is 6.54 Å². The van der Waals surface area contributed by atoms with Crippen LogP contribution in [-0.2, 0) is 11.3 Å². The molecule has 0 fully saturated rings. The van der Waals surface area contributed by atoms with E-state index in [9.17, 15) is 9.18 Å². The van der Waals surface area contributed by atoms with E-state index in [2.05, 4.69) is 10.1 Å². The van der Waals surface area contributed by atoms with Crippen LogP contribution in [0.3, 0.4) is 0 Å². The highest BCUT2D eigenvalue weighted by Gasteiger charge is 2.15. The van der Waals surface area contributed by atoms with Gasteiger partial charge in [-0.05, 0) is 29.8 Å². The van der Waals surface area contributed by atoms with Gasteiger partial charge in [0.15, 0.2) is 0 Å². The van der Waals surface area contributed by atoms with Crippen molar-refractivity contribution in [3.8, 4) is 22.4 Å². The van der Waals surface area contributed by atoms with Crippen LogP contribution in [0, 0.1) is 5.82 Å². The first-order valence-corrected chi connectivity index (χ1v) is 6.65. The predicted molar refractivity (Wildman–Crippen MR) is 80.0 cm³/mol. The van der Waals surface area contributed by atoms with Gasteiger partial charge in [-0.1, -0.05) is 12.1 Å². The Morgan fingerprint density at radius 3 is 2.41 bits per heavy atom. The Hall–Kier alpha value is -3.02. The van der Waals surface area contributed by atoms with Crippen molar-refractivity contribution < 1.29 is 9.18 Å². The number of nitrogens with two attached hydrogens (primary N) is 1. The Bertz CT molecular complexity index is 797. The Morgan fingerprint density at radius 1 is 1.09 bits per heavy atom. The van der Waals surface area contributed by atoms with E-state index in [4.69, 9.17) is 5.73 Å². The van der Waals surface area contributed by atoms with Gasteiger partial charge in [-0.25, -0.2) is 4.39 Å². The van der Waals surface area contributed by atoms with Gasteiger partial charge in [-0.3, -0.25) is 14.5 Å². The summed E-state index contributed by atoms with van der Waals surface area (Å²) in [5, 5.41) is 4.23. The summed E-state index contributed by atoms with van der Waals surface area (Å²) in [5.41, 5.74) is 8.48. The summed E-state index contributed by atoms with van der Waals surface area (Å²) < 4.78 is 14.7. The van der Waals surface area contributed by atoms with Crippen molar-refractivity contribution in [3.05, 3.63) is 60.8 Å². The molecule has 1 aromatic carbocycles. The summed E-state index contributed by atoms with van der Waals surface area (Å²) in [6, 6.07) is 9.76. The SMILES string of the molecule is NC(=O)Cn1ncc(-c2ccc(F)cc2)c1-c1ccncc1. The quantitative estimate of drug-likeness (QED) is 0.802. The van der Waals surface area contributed by atoms with Crippen LogP contribution in [-0.4, -0.2) is 20.7 Å². The van der Waals surface area contributed by atoms with Gasteiger partial charge in [-0.2, -0.15) is 5.10 Å². The Balaban J connectivity index is 2.16. The van der Waals surface area contributed by atoms with E-state index in [1.165, 1.54) is 16.8 Å². The lowest BCUT2D eigenvalue weighted by Crippen LogP contribution is -2.20. The van der Waals surface area contributed by atoms with Crippen LogP contribution in [0.1, 0.15) is 0 Å². The molecule has 2 heterocycles. The van der Waals surface area contributed by atoms with E-state index < -0.39 is 5.91 Å². The molecule has 0 aliphatic heterocycles. The number of aromatic nitrogens is 3. The molecule has 2 N–H and O–H groups in total. The summed E-state index contributed by atoms with van der Waals surface area (Å²) >= 11 is 0. The average Bonchev–Trinajstić information content (AvgIpc) is 2.91. The van der Waals surface area contributed by atoms with Crippen LogP contribution in [0.25, 0.3) is 22.4 Å². The molecule has 0 saturated heterocycles. The van der Waals surface area contributed by atoms with Crippen LogP contribution < -0.4 is 5.73 Å². The van der Waals surface area contributed by atoms with E-state index in [-0.39, 0.29) is 12.4 Å². The molecule has 0 saturated carbocycles. The van der Waals surface area contributed by atoms with Crippen molar-refractivity contribution in [1.82, 2.24) is 14.8 Å². The van der Waals surface area contributed by atoms with Crippen molar-refractivity contribution in [2.75, 3.05) is 0 Å². The minimum absolute atomic E-state index is 0.0289. The lowest BCUT2D eigenvalue weighted by Gasteiger charge is -2.09. The number of primary amides is 1. The van der Waals surface area contributed by atoms with Gasteiger partial charge in [0.05, 0.1) is 11.9 Å². The van der Waals surface area contributed by atoms with Gasteiger partial charge in [0.1, 0.15) is 12.4 Å². The third kappa shape index (κ3) is 2.71. The van der Waals surface area contributed by atoms with Gasteiger partial charge < -0.3 is 5.73 Å². The zero-order valence-corrected chi connectivity index (χ0v) is 11.6. The largest absolute Gasteiger partial charge is 0.368 e. The second-order valence-electron chi connectivity index (χ2n) is 4.77. The number of carbonyl (C=O) groups excluding carboxylic acids is 1. The molecule has 0 aliphatic rings. The molecule has 3 rings (SSSR count). The molecule has 0 aliphatic carbocycles. The third-order valence-corrected chi connectivity index (χ3v) is 3.25. The number of rotatable bonds is 4. The Kier molecular flexibility index (Phi) is 3.65. The van der Waals surface area contributed by atoms with Crippen molar-refractivity contribution in [2.24, 2.45) is 5.73 Å². The molecule has 0 spiro atoms. The highest BCUT2D eigenvalue weighted by Crippen LogP contribution is 2.31. The molecule has 5 nitrogen and oxygen atoms in total. The second kappa shape index (κ2) is 5.77. The number of benzene rings is 1. The maximum atomic E-state index is 13.1. The second-order valence-corrected chi connectivity index (χ2v) is 4.77. The summed E-state index contributed by atoms with van der Waals surface area (Å²) in [5.74, 6) is -0.789. The molecule has 0 atom stereocenters. The topological polar surface area (TPSA) is 73.8 Å². The fraction of sp³-hybridized carbons (Fsp3) is 0.0625. The summed E-state index contributed by atoms with van der Waals surface area (Å²) in [4.78, 5) is 15.2. The van der Waals surface area contributed by atoms with E-state index >= 15 is 0 Å². The number of amides is 1. The number of hydrogen-bond donors (Lipinski definition) is 1. The molecule has 3 aromatic rings. The lowest BCUT2D eigenvalue weighted by atomic mass is 10.0. The molecule has 22 heavy (non-hydrogen) atoms. The molecule has 110 valence electrons. The summed E-state index contributed by atoms with van der Waals surface area (Å²) in [7, 11) is 0. The van der Waals surface area contributed by atoms with Crippen LogP contribution in [0.4, 0.5) is 4.39 Å². The molecule has 6 heteroatoms. The average molecular weight is 296 g/mol. The van der Waals surface area contributed by atoms with Gasteiger partial charge >= 0.3 is 0 Å². The van der Waals surface area contributed by atoms with Crippen molar-refractivity contribution >= 4 is 5.91 Å². The van der Waals surface area contributed by atoms with Crippen molar-refractivity contribution in [3.63, 3.8) is 0 Å². The normalized spacial score (nSPS) is 10.6. The third-order valence-electron chi connectivity index (χ3n) is 3.25. The fourth-order valence-corrected chi connectivity index (χ4v) is 2.31. The minimum atomic E-state index is -0.482. The fourth-order valence-electron chi connectivity index (χ4n) is 2.31. The standard InChI is InChI=1S/C16H13FN4O/c17-13-3-1-11(2-4-13)14-9-20-21(10-15(18)22)16(14)12-5-7-19-8-6-12/h1-9H,10H2,(H2,18,22). The van der Waals surface area contributed by atoms with Crippen LogP contribution in [0.5, 0.6) is 0 Å². The summed E-state index contributed by atoms with van der Waals surface area (Å²) in [6.45, 7) is -0.0289. The number of carbonyl (C=O) groups is 1. The zero-order chi connectivity index (χ0) is 15.5. The first-order valence-electron chi connectivity index (χ1n) is 6.65. The molecular formula is C16H13FN4O. The van der Waals surface area contributed by atoms with Gasteiger partial charge in [0.25, 0.3) is 0 Å². The summed E-state index contributed by atoms with van der Waals surface area (Å²) in [6.07, 6.45) is 4.96. The smallest absolute Gasteiger partial charge is 0.239 e. The molecule has 0 radical (unpaired) electrons. The zero-order valence-electron chi connectivity index (χ0n) is 11.6. The van der Waals surface area contributed by atoms with Crippen molar-refractivity contribution in [1.29, 1.82) is 0 Å². The van der Waals surface area contributed by atoms with Crippen LogP contribution >= 0.6 is 0 Å². The van der Waals surface area contributed by atoms with E-state index in [1.807, 2.05) is 12.1 Å². The highest BCUT2D eigenvalue weighted by atomic mass is 19.1. The number of hydrogen-bond acceptors (Lipinski definition) is 3. The van der Waals surface area contributed by atoms with E-state index in [1.54, 1.807) is 30.7 Å². The van der Waals surface area contributed by atoms with Gasteiger partial charge in [-0.15, -0.1) is 0 Å². The molecule has 0 unspecified atom stereocenters. The van der Waals surface area contributed by atoms with E-state index in [0.717, 1.165) is 22.4 Å². The maximum Gasteiger partial charge on any atom is 0.239 e. The predicted octanol–water partition coefficient (Wildman–Crippen LogP) is 2.24. The first-order chi connectivity index (χ1) is 10.6. The Morgan fingerprint density at radius 2 is 1.77 bits per heavy atom. The molecular weight excluding hydrogens is 283 g/mol. The van der Waals surface area contributed by atoms with E-state index in [0.29, 0.717) is 0 Å². The minimum Gasteiger partial charge on any atom is -0.368 e. The van der Waals surface area contributed by atoms with Gasteiger partial charge in [0.2, 0.25) is 5.91 Å². The molecule has 1 amide bonds.